The van der Waals surface area contributed by atoms with Crippen molar-refractivity contribution in [2.24, 2.45) is 0 Å². The van der Waals surface area contributed by atoms with Crippen LogP contribution in [0.1, 0.15) is 46.5 Å². The highest BCUT2D eigenvalue weighted by Crippen LogP contribution is 2.19. The third kappa shape index (κ3) is 13.5. The zero-order chi connectivity index (χ0) is 17.2. The van der Waals surface area contributed by atoms with E-state index in [0.717, 1.165) is 83.1 Å². The van der Waals surface area contributed by atoms with Gasteiger partial charge in [-0.15, -0.1) is 0 Å². The highest BCUT2D eigenvalue weighted by atomic mass is 79.9. The van der Waals surface area contributed by atoms with Crippen molar-refractivity contribution in [3.8, 4) is 0 Å². The maximum Gasteiger partial charge on any atom is 0.501 e. The fourth-order valence-electron chi connectivity index (χ4n) is 2.04. The molecule has 5 nitrogen and oxygen atoms in total. The normalized spacial score (nSPS) is 12.0. The predicted molar refractivity (Wildman–Crippen MR) is 103 cm³/mol. The molecule has 2 N–H and O–H groups in total. The van der Waals surface area contributed by atoms with Crippen LogP contribution in [0.25, 0.3) is 0 Å². The molecular weight excluding hydrogens is 376 g/mol. The lowest BCUT2D eigenvalue weighted by Gasteiger charge is -2.29. The van der Waals surface area contributed by atoms with E-state index in [2.05, 4.69) is 47.3 Å². The SMILES string of the molecule is CCCO[Si](CCCNCCNCCBr)(OCCC)OCCC. The Labute approximate surface area is 152 Å². The summed E-state index contributed by atoms with van der Waals surface area (Å²) >= 11 is 3.41. The van der Waals surface area contributed by atoms with Crippen molar-refractivity contribution in [3.05, 3.63) is 0 Å². The van der Waals surface area contributed by atoms with Gasteiger partial charge in [0, 0.05) is 50.8 Å². The molecular formula is C16H37BrN2O3Si. The molecule has 23 heavy (non-hydrogen) atoms. The van der Waals surface area contributed by atoms with Gasteiger partial charge in [-0.2, -0.15) is 0 Å². The van der Waals surface area contributed by atoms with Crippen molar-refractivity contribution >= 4 is 24.7 Å². The van der Waals surface area contributed by atoms with Crippen molar-refractivity contribution < 1.29 is 13.3 Å². The Morgan fingerprint density at radius 2 is 1.22 bits per heavy atom. The molecule has 0 aliphatic rings. The zero-order valence-electron chi connectivity index (χ0n) is 15.3. The van der Waals surface area contributed by atoms with Gasteiger partial charge in [0.2, 0.25) is 0 Å². The Morgan fingerprint density at radius 3 is 1.65 bits per heavy atom. The second kappa shape index (κ2) is 17.3. The molecule has 0 radical (unpaired) electrons. The van der Waals surface area contributed by atoms with Gasteiger partial charge < -0.3 is 23.9 Å². The quantitative estimate of drug-likeness (QED) is 0.205. The first-order valence-corrected chi connectivity index (χ1v) is 12.2. The average Bonchev–Trinajstić information content (AvgIpc) is 2.58. The molecule has 0 aromatic heterocycles. The van der Waals surface area contributed by atoms with E-state index in [9.17, 15) is 0 Å². The lowest BCUT2D eigenvalue weighted by Crippen LogP contribution is -2.47. The van der Waals surface area contributed by atoms with Gasteiger partial charge in [-0.1, -0.05) is 36.7 Å². The van der Waals surface area contributed by atoms with Crippen LogP contribution < -0.4 is 10.6 Å². The zero-order valence-corrected chi connectivity index (χ0v) is 17.9. The molecule has 0 saturated carbocycles. The minimum atomic E-state index is -2.50. The summed E-state index contributed by atoms with van der Waals surface area (Å²) in [6, 6.07) is 0.898. The minimum absolute atomic E-state index is 0.726. The molecule has 0 aliphatic carbocycles. The predicted octanol–water partition coefficient (Wildman–Crippen LogP) is 3.17. The number of nitrogens with one attached hydrogen (secondary N) is 2. The molecule has 0 aromatic rings. The van der Waals surface area contributed by atoms with Crippen molar-refractivity contribution in [1.29, 1.82) is 0 Å². The molecule has 0 aliphatic heterocycles. The summed E-state index contributed by atoms with van der Waals surface area (Å²) in [5.74, 6) is 0. The lowest BCUT2D eigenvalue weighted by atomic mass is 10.4. The maximum absolute atomic E-state index is 6.09. The third-order valence-electron chi connectivity index (χ3n) is 3.16. The molecule has 0 amide bonds. The summed E-state index contributed by atoms with van der Waals surface area (Å²) in [5, 5.41) is 7.81. The van der Waals surface area contributed by atoms with Gasteiger partial charge in [-0.25, -0.2) is 0 Å². The van der Waals surface area contributed by atoms with Crippen molar-refractivity contribution in [2.75, 3.05) is 51.3 Å². The van der Waals surface area contributed by atoms with Crippen LogP contribution in [-0.4, -0.2) is 60.1 Å². The molecule has 0 aromatic carbocycles. The van der Waals surface area contributed by atoms with Crippen LogP contribution in [0.15, 0.2) is 0 Å². The van der Waals surface area contributed by atoms with Gasteiger partial charge >= 0.3 is 8.80 Å². The summed E-state index contributed by atoms with van der Waals surface area (Å²) < 4.78 is 18.3. The van der Waals surface area contributed by atoms with E-state index in [-0.39, 0.29) is 0 Å². The molecule has 0 unspecified atom stereocenters. The second-order valence-electron chi connectivity index (χ2n) is 5.52. The summed E-state index contributed by atoms with van der Waals surface area (Å²) in [4.78, 5) is 0. The largest absolute Gasteiger partial charge is 0.501 e. The summed E-state index contributed by atoms with van der Waals surface area (Å²) in [5.41, 5.74) is 0. The topological polar surface area (TPSA) is 51.8 Å². The molecule has 7 heteroatoms. The highest BCUT2D eigenvalue weighted by molar-refractivity contribution is 9.09. The molecule has 0 atom stereocenters. The molecule has 0 rings (SSSR count). The molecule has 0 fully saturated rings. The maximum atomic E-state index is 6.09. The minimum Gasteiger partial charge on any atom is -0.373 e. The Morgan fingerprint density at radius 1 is 0.739 bits per heavy atom. The molecule has 0 spiro atoms. The van der Waals surface area contributed by atoms with Gasteiger partial charge in [-0.05, 0) is 32.2 Å². The van der Waals surface area contributed by atoms with Crippen LogP contribution in [0.5, 0.6) is 0 Å². The van der Waals surface area contributed by atoms with E-state index in [1.807, 2.05) is 0 Å². The number of halogens is 1. The fraction of sp³-hybridized carbons (Fsp3) is 1.00. The summed E-state index contributed by atoms with van der Waals surface area (Å²) in [6.07, 6.45) is 4.02. The number of hydrogen-bond donors (Lipinski definition) is 2. The molecule has 0 saturated heterocycles. The van der Waals surface area contributed by atoms with E-state index in [1.165, 1.54) is 0 Å². The van der Waals surface area contributed by atoms with Gasteiger partial charge in [0.1, 0.15) is 0 Å². The first-order valence-electron chi connectivity index (χ1n) is 9.13. The fourth-order valence-corrected chi connectivity index (χ4v) is 5.16. The van der Waals surface area contributed by atoms with Crippen LogP contribution in [0.2, 0.25) is 6.04 Å². The van der Waals surface area contributed by atoms with Gasteiger partial charge in [0.05, 0.1) is 0 Å². The summed E-state index contributed by atoms with van der Waals surface area (Å²) in [7, 11) is -2.50. The molecule has 0 heterocycles. The van der Waals surface area contributed by atoms with Crippen LogP contribution in [0, 0.1) is 0 Å². The first kappa shape index (κ1) is 23.5. The van der Waals surface area contributed by atoms with Gasteiger partial charge in [0.25, 0.3) is 0 Å². The number of alkyl halides is 1. The number of hydrogen-bond acceptors (Lipinski definition) is 5. The molecule has 0 bridgehead atoms. The van der Waals surface area contributed by atoms with E-state index in [4.69, 9.17) is 13.3 Å². The summed E-state index contributed by atoms with van der Waals surface area (Å²) in [6.45, 7) is 12.5. The van der Waals surface area contributed by atoms with E-state index in [1.54, 1.807) is 0 Å². The van der Waals surface area contributed by atoms with E-state index >= 15 is 0 Å². The van der Waals surface area contributed by atoms with Gasteiger partial charge in [0.15, 0.2) is 0 Å². The Hall–Kier alpha value is 0.497. The van der Waals surface area contributed by atoms with Crippen LogP contribution in [-0.2, 0) is 13.3 Å². The Kier molecular flexibility index (Phi) is 17.7. The van der Waals surface area contributed by atoms with Crippen LogP contribution in [0.4, 0.5) is 0 Å². The van der Waals surface area contributed by atoms with E-state index in [0.29, 0.717) is 0 Å². The second-order valence-corrected chi connectivity index (χ2v) is 9.05. The van der Waals surface area contributed by atoms with Crippen LogP contribution >= 0.6 is 15.9 Å². The Bertz CT molecular complexity index is 230. The first-order chi connectivity index (χ1) is 11.2. The van der Waals surface area contributed by atoms with Crippen LogP contribution in [0.3, 0.4) is 0 Å². The smallest absolute Gasteiger partial charge is 0.373 e. The van der Waals surface area contributed by atoms with Crippen molar-refractivity contribution in [1.82, 2.24) is 10.6 Å². The standard InChI is InChI=1S/C16H37BrN2O3Si/c1-4-13-20-23(21-14-5-2,22-15-6-3)16-7-9-18-11-12-19-10-8-17/h18-19H,4-16H2,1-3H3. The molecule has 140 valence electrons. The monoisotopic (exact) mass is 412 g/mol. The number of rotatable bonds is 18. The van der Waals surface area contributed by atoms with Gasteiger partial charge in [-0.3, -0.25) is 0 Å². The lowest BCUT2D eigenvalue weighted by molar-refractivity contribution is 0.0588. The average molecular weight is 413 g/mol. The van der Waals surface area contributed by atoms with Crippen molar-refractivity contribution in [2.45, 2.75) is 52.5 Å². The Balaban J connectivity index is 4.14. The van der Waals surface area contributed by atoms with E-state index < -0.39 is 8.80 Å². The third-order valence-corrected chi connectivity index (χ3v) is 6.46. The van der Waals surface area contributed by atoms with Crippen molar-refractivity contribution in [3.63, 3.8) is 0 Å². The highest BCUT2D eigenvalue weighted by Gasteiger charge is 2.40.